The van der Waals surface area contributed by atoms with Gasteiger partial charge >= 0.3 is 0 Å². The molecule has 0 heterocycles. The fraction of sp³-hybridized carbons (Fsp3) is 0.240. The van der Waals surface area contributed by atoms with E-state index in [-0.39, 0.29) is 5.82 Å². The smallest absolute Gasteiger partial charge is 0.246 e. The van der Waals surface area contributed by atoms with Crippen molar-refractivity contribution in [1.29, 1.82) is 0 Å². The quantitative estimate of drug-likeness (QED) is 0.452. The summed E-state index contributed by atoms with van der Waals surface area (Å²) in [5.74, 6) is -0.0128. The molecule has 0 aliphatic carbocycles. The van der Waals surface area contributed by atoms with Crippen LogP contribution in [0, 0.1) is 5.82 Å². The summed E-state index contributed by atoms with van der Waals surface area (Å²) in [5, 5.41) is 11.8. The van der Waals surface area contributed by atoms with Crippen molar-refractivity contribution in [3.05, 3.63) is 84.2 Å². The number of aryl methyl sites for hydroxylation is 1. The molecule has 0 radical (unpaired) electrons. The highest BCUT2D eigenvalue weighted by Crippen LogP contribution is 2.25. The molecule has 3 aromatic rings. The number of hydrogen-bond donors (Lipinski definition) is 3. The van der Waals surface area contributed by atoms with Gasteiger partial charge in [-0.05, 0) is 55.2 Å². The van der Waals surface area contributed by atoms with Crippen LogP contribution in [0.5, 0.6) is 5.75 Å². The summed E-state index contributed by atoms with van der Waals surface area (Å²) >= 11 is 0. The average molecular weight is 423 g/mol. The highest BCUT2D eigenvalue weighted by Gasteiger charge is 2.27. The Labute approximate surface area is 181 Å². The Kier molecular flexibility index (Phi) is 7.39. The first-order chi connectivity index (χ1) is 14.9. The molecule has 5 nitrogen and oxygen atoms in total. The Morgan fingerprint density at radius 3 is 2.45 bits per heavy atom. The van der Waals surface area contributed by atoms with Crippen LogP contribution in [0.2, 0.25) is 0 Å². The minimum atomic E-state index is -1.34. The van der Waals surface area contributed by atoms with Crippen LogP contribution >= 0.6 is 0 Å². The van der Waals surface area contributed by atoms with Crippen molar-refractivity contribution < 1.29 is 19.0 Å². The van der Waals surface area contributed by atoms with Crippen molar-refractivity contribution in [1.82, 2.24) is 0 Å². The number of benzene rings is 3. The van der Waals surface area contributed by atoms with Crippen molar-refractivity contribution in [3.8, 4) is 16.9 Å². The number of amides is 1. The minimum Gasteiger partial charge on any atom is -0.494 e. The highest BCUT2D eigenvalue weighted by atomic mass is 19.1. The Bertz CT molecular complexity index is 1010. The second kappa shape index (κ2) is 10.2. The zero-order chi connectivity index (χ0) is 22.3. The fourth-order valence-corrected chi connectivity index (χ4v) is 3.05. The molecule has 1 atom stereocenters. The van der Waals surface area contributed by atoms with Crippen LogP contribution in [0.4, 0.5) is 10.1 Å². The van der Waals surface area contributed by atoms with Crippen LogP contribution < -0.4 is 15.8 Å². The topological polar surface area (TPSA) is 84.6 Å². The number of halogens is 1. The Balaban J connectivity index is 1.51. The molecule has 3 rings (SSSR count). The fourth-order valence-electron chi connectivity index (χ4n) is 3.05. The number of nitrogens with one attached hydrogen (secondary N) is 1. The maximum absolute atomic E-state index is 14.9. The molecule has 0 unspecified atom stereocenters. The van der Waals surface area contributed by atoms with Gasteiger partial charge in [-0.3, -0.25) is 4.79 Å². The zero-order valence-electron chi connectivity index (χ0n) is 17.5. The van der Waals surface area contributed by atoms with E-state index in [0.29, 0.717) is 42.0 Å². The van der Waals surface area contributed by atoms with Gasteiger partial charge in [-0.15, -0.1) is 0 Å². The van der Waals surface area contributed by atoms with Crippen molar-refractivity contribution in [2.75, 3.05) is 18.5 Å². The number of aliphatic hydroxyl groups excluding tert-OH is 1. The summed E-state index contributed by atoms with van der Waals surface area (Å²) in [6.45, 7) is 1.44. The summed E-state index contributed by atoms with van der Waals surface area (Å²) in [6, 6.07) is 21.8. The molecule has 0 aliphatic rings. The molecule has 0 spiro atoms. The van der Waals surface area contributed by atoms with Crippen molar-refractivity contribution in [2.24, 2.45) is 5.73 Å². The Morgan fingerprint density at radius 1 is 1.06 bits per heavy atom. The lowest BCUT2D eigenvalue weighted by atomic mass is 10.00. The molecular weight excluding hydrogens is 395 g/mol. The number of aliphatic hydroxyl groups is 1. The predicted octanol–water partition coefficient (Wildman–Crippen LogP) is 4.15. The van der Waals surface area contributed by atoms with Gasteiger partial charge in [0.2, 0.25) is 5.91 Å². The molecule has 0 saturated heterocycles. The standard InChI is InChI=1S/C25H27FN2O3/c1-25(27,17-29)24(30)28-20-12-14-21(15-13-20)31-16-6-10-19-9-5-11-22(23(19)26)18-7-3-2-4-8-18/h2-5,7-9,11-15,29H,6,10,16-17,27H2,1H3,(H,28,30)/t25-/m0/s1. The normalized spacial score (nSPS) is 12.8. The van der Waals surface area contributed by atoms with E-state index in [9.17, 15) is 9.18 Å². The molecule has 3 aromatic carbocycles. The SMILES string of the molecule is C[C@](N)(CO)C(=O)Nc1ccc(OCCCc2cccc(-c3ccccc3)c2F)cc1. The Morgan fingerprint density at radius 2 is 1.77 bits per heavy atom. The molecule has 0 aromatic heterocycles. The van der Waals surface area contributed by atoms with Crippen LogP contribution in [-0.4, -0.2) is 29.8 Å². The average Bonchev–Trinajstić information content (AvgIpc) is 2.79. The second-order valence-electron chi connectivity index (χ2n) is 7.65. The summed E-state index contributed by atoms with van der Waals surface area (Å²) in [5.41, 5.74) is 7.05. The number of carbonyl (C=O) groups excluding carboxylic acids is 1. The summed E-state index contributed by atoms with van der Waals surface area (Å²) in [7, 11) is 0. The van der Waals surface area contributed by atoms with Gasteiger partial charge in [0.25, 0.3) is 0 Å². The predicted molar refractivity (Wildman–Crippen MR) is 120 cm³/mol. The van der Waals surface area contributed by atoms with Crippen molar-refractivity contribution in [2.45, 2.75) is 25.3 Å². The molecule has 1 amide bonds. The van der Waals surface area contributed by atoms with Gasteiger partial charge in [-0.2, -0.15) is 0 Å². The number of nitrogens with two attached hydrogens (primary N) is 1. The van der Waals surface area contributed by atoms with Crippen LogP contribution in [-0.2, 0) is 11.2 Å². The van der Waals surface area contributed by atoms with Gasteiger partial charge in [0.15, 0.2) is 0 Å². The second-order valence-corrected chi connectivity index (χ2v) is 7.65. The van der Waals surface area contributed by atoms with Crippen LogP contribution in [0.25, 0.3) is 11.1 Å². The number of ether oxygens (including phenoxy) is 1. The van der Waals surface area contributed by atoms with E-state index in [1.165, 1.54) is 6.92 Å². The molecule has 31 heavy (non-hydrogen) atoms. The number of hydrogen-bond acceptors (Lipinski definition) is 4. The monoisotopic (exact) mass is 422 g/mol. The molecule has 0 saturated carbocycles. The van der Waals surface area contributed by atoms with Gasteiger partial charge < -0.3 is 20.9 Å². The van der Waals surface area contributed by atoms with Gasteiger partial charge in [0, 0.05) is 11.3 Å². The van der Waals surface area contributed by atoms with Crippen LogP contribution in [0.1, 0.15) is 18.9 Å². The highest BCUT2D eigenvalue weighted by molar-refractivity contribution is 5.97. The van der Waals surface area contributed by atoms with Crippen molar-refractivity contribution in [3.63, 3.8) is 0 Å². The van der Waals surface area contributed by atoms with E-state index in [4.69, 9.17) is 15.6 Å². The minimum absolute atomic E-state index is 0.191. The van der Waals surface area contributed by atoms with Crippen molar-refractivity contribution >= 4 is 11.6 Å². The van der Waals surface area contributed by atoms with Gasteiger partial charge in [0.1, 0.15) is 17.1 Å². The molecule has 6 heteroatoms. The third-order valence-corrected chi connectivity index (χ3v) is 4.98. The van der Waals surface area contributed by atoms with Crippen LogP contribution in [0.3, 0.4) is 0 Å². The third-order valence-electron chi connectivity index (χ3n) is 4.98. The first-order valence-electron chi connectivity index (χ1n) is 10.2. The van der Waals surface area contributed by atoms with E-state index in [1.807, 2.05) is 36.4 Å². The lowest BCUT2D eigenvalue weighted by molar-refractivity contribution is -0.121. The maximum atomic E-state index is 14.9. The summed E-state index contributed by atoms with van der Waals surface area (Å²) < 4.78 is 20.6. The van der Waals surface area contributed by atoms with E-state index >= 15 is 0 Å². The number of anilines is 1. The zero-order valence-corrected chi connectivity index (χ0v) is 17.5. The largest absolute Gasteiger partial charge is 0.494 e. The van der Waals surface area contributed by atoms with Gasteiger partial charge in [-0.1, -0.05) is 48.5 Å². The van der Waals surface area contributed by atoms with E-state index in [0.717, 1.165) is 5.56 Å². The van der Waals surface area contributed by atoms with E-state index in [1.54, 1.807) is 36.4 Å². The molecule has 0 aliphatic heterocycles. The van der Waals surface area contributed by atoms with Crippen LogP contribution in [0.15, 0.2) is 72.8 Å². The lowest BCUT2D eigenvalue weighted by Gasteiger charge is -2.20. The summed E-state index contributed by atoms with van der Waals surface area (Å²) in [6.07, 6.45) is 1.23. The Hall–Kier alpha value is -3.22. The van der Waals surface area contributed by atoms with E-state index < -0.39 is 18.1 Å². The number of carbonyl (C=O) groups is 1. The third kappa shape index (κ3) is 5.90. The maximum Gasteiger partial charge on any atom is 0.246 e. The van der Waals surface area contributed by atoms with Gasteiger partial charge in [0.05, 0.1) is 13.2 Å². The molecule has 162 valence electrons. The first-order valence-corrected chi connectivity index (χ1v) is 10.2. The lowest BCUT2D eigenvalue weighted by Crippen LogP contribution is -2.51. The molecular formula is C25H27FN2O3. The molecule has 4 N–H and O–H groups in total. The van der Waals surface area contributed by atoms with E-state index in [2.05, 4.69) is 5.32 Å². The molecule has 0 bridgehead atoms. The van der Waals surface area contributed by atoms with Gasteiger partial charge in [-0.25, -0.2) is 4.39 Å². The summed E-state index contributed by atoms with van der Waals surface area (Å²) in [4.78, 5) is 12.0. The molecule has 0 fully saturated rings. The number of rotatable bonds is 9. The first kappa shape index (κ1) is 22.5.